The van der Waals surface area contributed by atoms with Gasteiger partial charge in [-0.15, -0.1) is 0 Å². The first kappa shape index (κ1) is 14.9. The summed E-state index contributed by atoms with van der Waals surface area (Å²) in [6.07, 6.45) is 4.17. The molecule has 1 N–H and O–H groups in total. The third kappa shape index (κ3) is 5.36. The molecular formula is C14H30N2O. The van der Waals surface area contributed by atoms with Gasteiger partial charge in [0.15, 0.2) is 0 Å². The number of likely N-dealkylation sites (tertiary alicyclic amines) is 1. The van der Waals surface area contributed by atoms with E-state index in [0.717, 1.165) is 13.1 Å². The molecule has 17 heavy (non-hydrogen) atoms. The van der Waals surface area contributed by atoms with E-state index in [9.17, 15) is 0 Å². The number of methoxy groups -OCH3 is 1. The van der Waals surface area contributed by atoms with Crippen molar-refractivity contribution in [3.8, 4) is 0 Å². The van der Waals surface area contributed by atoms with Crippen LogP contribution in [0.1, 0.15) is 47.0 Å². The molecule has 0 aromatic carbocycles. The van der Waals surface area contributed by atoms with Crippen molar-refractivity contribution in [2.75, 3.05) is 26.7 Å². The molecule has 0 aliphatic carbocycles. The van der Waals surface area contributed by atoms with E-state index in [2.05, 4.69) is 37.9 Å². The van der Waals surface area contributed by atoms with Crippen LogP contribution in [-0.2, 0) is 4.74 Å². The summed E-state index contributed by atoms with van der Waals surface area (Å²) in [6, 6.07) is 0.666. The van der Waals surface area contributed by atoms with E-state index in [0.29, 0.717) is 12.1 Å². The molecule has 3 nitrogen and oxygen atoms in total. The van der Waals surface area contributed by atoms with Gasteiger partial charge in [-0.25, -0.2) is 0 Å². The molecule has 102 valence electrons. The fourth-order valence-corrected chi connectivity index (χ4v) is 2.45. The SMILES string of the molecule is CCCC(CNC(C)(C)C)N1CCC(OC)C1. The highest BCUT2D eigenvalue weighted by Crippen LogP contribution is 2.18. The largest absolute Gasteiger partial charge is 0.380 e. The lowest BCUT2D eigenvalue weighted by atomic mass is 10.1. The maximum absolute atomic E-state index is 5.45. The van der Waals surface area contributed by atoms with Crippen LogP contribution in [0.3, 0.4) is 0 Å². The Morgan fingerprint density at radius 2 is 2.12 bits per heavy atom. The molecule has 2 unspecified atom stereocenters. The number of ether oxygens (including phenoxy) is 1. The fourth-order valence-electron chi connectivity index (χ4n) is 2.45. The molecule has 1 saturated heterocycles. The molecule has 3 heteroatoms. The number of rotatable bonds is 6. The molecule has 0 radical (unpaired) electrons. The quantitative estimate of drug-likeness (QED) is 0.773. The maximum atomic E-state index is 5.45. The van der Waals surface area contributed by atoms with Gasteiger partial charge in [0.25, 0.3) is 0 Å². The zero-order valence-electron chi connectivity index (χ0n) is 12.3. The van der Waals surface area contributed by atoms with Gasteiger partial charge in [0.05, 0.1) is 6.10 Å². The maximum Gasteiger partial charge on any atom is 0.0710 e. The van der Waals surface area contributed by atoms with Gasteiger partial charge in [-0.3, -0.25) is 4.90 Å². The predicted octanol–water partition coefficient (Wildman–Crippen LogP) is 2.26. The van der Waals surface area contributed by atoms with Gasteiger partial charge in [0, 0.05) is 38.3 Å². The Bertz CT molecular complexity index is 213. The van der Waals surface area contributed by atoms with Crippen molar-refractivity contribution in [2.24, 2.45) is 0 Å². The zero-order valence-corrected chi connectivity index (χ0v) is 12.3. The molecule has 0 bridgehead atoms. The molecule has 1 rings (SSSR count). The Morgan fingerprint density at radius 1 is 1.41 bits per heavy atom. The lowest BCUT2D eigenvalue weighted by Crippen LogP contribution is -2.47. The van der Waals surface area contributed by atoms with Gasteiger partial charge in [0.1, 0.15) is 0 Å². The van der Waals surface area contributed by atoms with Crippen molar-refractivity contribution < 1.29 is 4.74 Å². The van der Waals surface area contributed by atoms with Crippen molar-refractivity contribution in [1.29, 1.82) is 0 Å². The summed E-state index contributed by atoms with van der Waals surface area (Å²) >= 11 is 0. The first-order valence-corrected chi connectivity index (χ1v) is 6.98. The zero-order chi connectivity index (χ0) is 12.9. The first-order valence-electron chi connectivity index (χ1n) is 6.98. The first-order chi connectivity index (χ1) is 7.96. The molecule has 0 aromatic heterocycles. The van der Waals surface area contributed by atoms with Gasteiger partial charge >= 0.3 is 0 Å². The smallest absolute Gasteiger partial charge is 0.0710 e. The highest BCUT2D eigenvalue weighted by Gasteiger charge is 2.28. The van der Waals surface area contributed by atoms with E-state index in [-0.39, 0.29) is 5.54 Å². The lowest BCUT2D eigenvalue weighted by molar-refractivity contribution is 0.0984. The molecule has 0 aromatic rings. The summed E-state index contributed by atoms with van der Waals surface area (Å²) in [5, 5.41) is 3.63. The van der Waals surface area contributed by atoms with E-state index in [1.807, 2.05) is 7.11 Å². The number of nitrogens with one attached hydrogen (secondary N) is 1. The van der Waals surface area contributed by atoms with E-state index in [1.165, 1.54) is 25.8 Å². The summed E-state index contributed by atoms with van der Waals surface area (Å²) in [4.78, 5) is 2.59. The van der Waals surface area contributed by atoms with Gasteiger partial charge in [-0.05, 0) is 33.6 Å². The third-order valence-corrected chi connectivity index (χ3v) is 3.52. The number of hydrogen-bond donors (Lipinski definition) is 1. The van der Waals surface area contributed by atoms with Gasteiger partial charge < -0.3 is 10.1 Å². The normalized spacial score (nSPS) is 24.2. The van der Waals surface area contributed by atoms with Crippen LogP contribution in [0.25, 0.3) is 0 Å². The van der Waals surface area contributed by atoms with E-state index < -0.39 is 0 Å². The van der Waals surface area contributed by atoms with Crippen molar-refractivity contribution in [3.05, 3.63) is 0 Å². The van der Waals surface area contributed by atoms with Gasteiger partial charge in [-0.2, -0.15) is 0 Å². The number of hydrogen-bond acceptors (Lipinski definition) is 3. The van der Waals surface area contributed by atoms with E-state index >= 15 is 0 Å². The fraction of sp³-hybridized carbons (Fsp3) is 1.00. The van der Waals surface area contributed by atoms with Crippen LogP contribution >= 0.6 is 0 Å². The van der Waals surface area contributed by atoms with Crippen molar-refractivity contribution in [1.82, 2.24) is 10.2 Å². The average molecular weight is 242 g/mol. The molecule has 1 heterocycles. The summed E-state index contributed by atoms with van der Waals surface area (Å²) in [5.74, 6) is 0. The van der Waals surface area contributed by atoms with E-state index in [4.69, 9.17) is 4.74 Å². The average Bonchev–Trinajstić information content (AvgIpc) is 2.71. The van der Waals surface area contributed by atoms with Crippen molar-refractivity contribution in [3.63, 3.8) is 0 Å². The van der Waals surface area contributed by atoms with Gasteiger partial charge in [0.2, 0.25) is 0 Å². The Hall–Kier alpha value is -0.120. The monoisotopic (exact) mass is 242 g/mol. The molecule has 2 atom stereocenters. The van der Waals surface area contributed by atoms with Crippen LogP contribution in [0.15, 0.2) is 0 Å². The topological polar surface area (TPSA) is 24.5 Å². The minimum atomic E-state index is 0.215. The Balaban J connectivity index is 2.42. The van der Waals surface area contributed by atoms with Crippen molar-refractivity contribution in [2.45, 2.75) is 64.6 Å². The highest BCUT2D eigenvalue weighted by atomic mass is 16.5. The molecule has 1 fully saturated rings. The minimum Gasteiger partial charge on any atom is -0.380 e. The number of nitrogens with zero attached hydrogens (tertiary/aromatic N) is 1. The molecule has 0 spiro atoms. The summed E-state index contributed by atoms with van der Waals surface area (Å²) in [6.45, 7) is 12.4. The predicted molar refractivity (Wildman–Crippen MR) is 73.4 cm³/mol. The van der Waals surface area contributed by atoms with E-state index in [1.54, 1.807) is 0 Å². The Labute approximate surface area is 107 Å². The summed E-state index contributed by atoms with van der Waals surface area (Å²) in [7, 11) is 1.83. The summed E-state index contributed by atoms with van der Waals surface area (Å²) < 4.78 is 5.45. The van der Waals surface area contributed by atoms with Crippen LogP contribution in [0.4, 0.5) is 0 Å². The molecular weight excluding hydrogens is 212 g/mol. The van der Waals surface area contributed by atoms with Crippen LogP contribution in [-0.4, -0.2) is 49.3 Å². The van der Waals surface area contributed by atoms with Crippen LogP contribution in [0, 0.1) is 0 Å². The highest BCUT2D eigenvalue weighted by molar-refractivity contribution is 4.84. The molecule has 1 aliphatic rings. The van der Waals surface area contributed by atoms with Crippen LogP contribution < -0.4 is 5.32 Å². The van der Waals surface area contributed by atoms with Crippen molar-refractivity contribution >= 4 is 0 Å². The summed E-state index contributed by atoms with van der Waals surface area (Å²) in [5.41, 5.74) is 0.215. The second-order valence-corrected chi connectivity index (χ2v) is 6.21. The second-order valence-electron chi connectivity index (χ2n) is 6.21. The third-order valence-electron chi connectivity index (χ3n) is 3.52. The Morgan fingerprint density at radius 3 is 2.59 bits per heavy atom. The molecule has 1 aliphatic heterocycles. The molecule has 0 amide bonds. The minimum absolute atomic E-state index is 0.215. The molecule has 0 saturated carbocycles. The lowest BCUT2D eigenvalue weighted by Gasteiger charge is -2.31. The van der Waals surface area contributed by atoms with Crippen LogP contribution in [0.2, 0.25) is 0 Å². The second kappa shape index (κ2) is 6.72. The standard InChI is InChI=1S/C14H30N2O/c1-6-7-12(10-15-14(2,3)4)16-9-8-13(11-16)17-5/h12-13,15H,6-11H2,1-5H3. The Kier molecular flexibility index (Phi) is 5.90. The van der Waals surface area contributed by atoms with Crippen LogP contribution in [0.5, 0.6) is 0 Å². The van der Waals surface area contributed by atoms with Gasteiger partial charge in [-0.1, -0.05) is 13.3 Å².